The summed E-state index contributed by atoms with van der Waals surface area (Å²) in [6.07, 6.45) is 0.947. The van der Waals surface area contributed by atoms with Crippen LogP contribution in [0.2, 0.25) is 0 Å². The van der Waals surface area contributed by atoms with Crippen molar-refractivity contribution in [2.75, 3.05) is 5.32 Å². The Bertz CT molecular complexity index is 764. The van der Waals surface area contributed by atoms with Crippen molar-refractivity contribution < 1.29 is 14.7 Å². The van der Waals surface area contributed by atoms with Crippen LogP contribution in [0.15, 0.2) is 36.4 Å². The fraction of sp³-hybridized carbons (Fsp3) is 0.389. The Kier molecular flexibility index (Phi) is 4.74. The normalized spacial score (nSPS) is 19.3. The second kappa shape index (κ2) is 6.96. The van der Waals surface area contributed by atoms with Crippen molar-refractivity contribution in [1.29, 1.82) is 0 Å². The van der Waals surface area contributed by atoms with E-state index in [1.54, 1.807) is 4.68 Å². The van der Waals surface area contributed by atoms with E-state index in [-0.39, 0.29) is 24.0 Å². The van der Waals surface area contributed by atoms with Crippen LogP contribution in [0, 0.1) is 5.92 Å². The molecule has 3 N–H and O–H groups in total. The molecule has 25 heavy (non-hydrogen) atoms. The summed E-state index contributed by atoms with van der Waals surface area (Å²) >= 11 is 0. The molecule has 2 amide bonds. The van der Waals surface area contributed by atoms with Crippen molar-refractivity contribution in [2.24, 2.45) is 5.92 Å². The van der Waals surface area contributed by atoms with E-state index < -0.39 is 5.97 Å². The summed E-state index contributed by atoms with van der Waals surface area (Å²) < 4.78 is 1.77. The van der Waals surface area contributed by atoms with Crippen LogP contribution >= 0.6 is 0 Å². The number of anilines is 1. The minimum Gasteiger partial charge on any atom is -0.481 e. The molecule has 7 nitrogen and oxygen atoms in total. The maximum Gasteiger partial charge on any atom is 0.320 e. The van der Waals surface area contributed by atoms with Gasteiger partial charge < -0.3 is 10.4 Å². The van der Waals surface area contributed by atoms with Gasteiger partial charge in [-0.05, 0) is 26.7 Å². The van der Waals surface area contributed by atoms with Gasteiger partial charge in [-0.15, -0.1) is 0 Å². The summed E-state index contributed by atoms with van der Waals surface area (Å²) in [6, 6.07) is 11.3. The van der Waals surface area contributed by atoms with Crippen LogP contribution in [-0.4, -0.2) is 32.9 Å². The van der Waals surface area contributed by atoms with Crippen LogP contribution in [-0.2, 0) is 4.79 Å². The van der Waals surface area contributed by atoms with Crippen molar-refractivity contribution >= 4 is 17.8 Å². The summed E-state index contributed by atoms with van der Waals surface area (Å²) in [4.78, 5) is 23.0. The number of urea groups is 1. The van der Waals surface area contributed by atoms with E-state index in [0.717, 1.165) is 11.3 Å². The number of carboxylic acid groups (broad SMARTS) is 1. The summed E-state index contributed by atoms with van der Waals surface area (Å²) in [7, 11) is 0. The number of aromatic nitrogens is 2. The molecule has 0 unspecified atom stereocenters. The number of amides is 2. The van der Waals surface area contributed by atoms with E-state index in [1.165, 1.54) is 0 Å². The molecule has 1 heterocycles. The molecule has 0 spiro atoms. The maximum atomic E-state index is 12.2. The lowest BCUT2D eigenvalue weighted by molar-refractivity contribution is -0.145. The zero-order valence-electron chi connectivity index (χ0n) is 14.3. The molecule has 2 aromatic rings. The lowest BCUT2D eigenvalue weighted by Crippen LogP contribution is -2.48. The quantitative estimate of drug-likeness (QED) is 0.778. The second-order valence-corrected chi connectivity index (χ2v) is 6.62. The van der Waals surface area contributed by atoms with Gasteiger partial charge in [0.25, 0.3) is 0 Å². The predicted octanol–water partition coefficient (Wildman–Crippen LogP) is 3.12. The Morgan fingerprint density at radius 3 is 2.52 bits per heavy atom. The van der Waals surface area contributed by atoms with Crippen molar-refractivity contribution in [2.45, 2.75) is 38.8 Å². The molecule has 1 aliphatic carbocycles. The number of rotatable bonds is 5. The molecule has 7 heteroatoms. The largest absolute Gasteiger partial charge is 0.481 e. The Morgan fingerprint density at radius 1 is 1.24 bits per heavy atom. The zero-order valence-corrected chi connectivity index (χ0v) is 14.3. The van der Waals surface area contributed by atoms with Gasteiger partial charge in [0.05, 0.1) is 11.6 Å². The van der Waals surface area contributed by atoms with Gasteiger partial charge in [-0.3, -0.25) is 10.1 Å². The molecule has 0 aliphatic heterocycles. The highest BCUT2D eigenvalue weighted by Gasteiger charge is 2.35. The number of nitrogens with one attached hydrogen (secondary N) is 2. The first-order valence-electron chi connectivity index (χ1n) is 8.39. The van der Waals surface area contributed by atoms with Gasteiger partial charge in [-0.1, -0.05) is 30.3 Å². The van der Waals surface area contributed by atoms with E-state index in [1.807, 2.05) is 50.2 Å². The first-order chi connectivity index (χ1) is 11.9. The smallest absolute Gasteiger partial charge is 0.320 e. The highest BCUT2D eigenvalue weighted by atomic mass is 16.4. The Hall–Kier alpha value is -2.83. The Morgan fingerprint density at radius 2 is 1.92 bits per heavy atom. The predicted molar refractivity (Wildman–Crippen MR) is 94.4 cm³/mol. The number of carbonyl (C=O) groups is 2. The summed E-state index contributed by atoms with van der Waals surface area (Å²) in [5.74, 6) is -0.541. The highest BCUT2D eigenvalue weighted by Crippen LogP contribution is 2.28. The van der Waals surface area contributed by atoms with E-state index in [9.17, 15) is 9.59 Å². The van der Waals surface area contributed by atoms with E-state index in [2.05, 4.69) is 15.7 Å². The molecule has 1 aromatic carbocycles. The number of carboxylic acids is 1. The van der Waals surface area contributed by atoms with E-state index >= 15 is 0 Å². The van der Waals surface area contributed by atoms with E-state index in [4.69, 9.17) is 5.11 Å². The van der Waals surface area contributed by atoms with Gasteiger partial charge >= 0.3 is 12.0 Å². The van der Waals surface area contributed by atoms with Crippen LogP contribution < -0.4 is 10.6 Å². The monoisotopic (exact) mass is 342 g/mol. The average Bonchev–Trinajstić information content (AvgIpc) is 2.95. The summed E-state index contributed by atoms with van der Waals surface area (Å²) in [6.45, 7) is 3.99. The summed E-state index contributed by atoms with van der Waals surface area (Å²) in [5.41, 5.74) is 1.77. The van der Waals surface area contributed by atoms with Gasteiger partial charge in [-0.2, -0.15) is 5.10 Å². The molecular weight excluding hydrogens is 320 g/mol. The van der Waals surface area contributed by atoms with Gasteiger partial charge in [0.2, 0.25) is 0 Å². The molecule has 0 bridgehead atoms. The number of hydrogen-bond donors (Lipinski definition) is 3. The first-order valence-corrected chi connectivity index (χ1v) is 8.39. The SMILES string of the molecule is CC(C)n1nc(-c2ccccc2)cc1NC(=O)NC1CC(C(=O)O)C1. The molecule has 3 rings (SSSR count). The third-order valence-electron chi connectivity index (χ3n) is 4.36. The van der Waals surface area contributed by atoms with Crippen molar-refractivity contribution in [3.63, 3.8) is 0 Å². The van der Waals surface area contributed by atoms with Gasteiger partial charge in [-0.25, -0.2) is 9.48 Å². The number of hydrogen-bond acceptors (Lipinski definition) is 3. The summed E-state index contributed by atoms with van der Waals surface area (Å²) in [5, 5.41) is 19.1. The molecule has 0 saturated heterocycles. The van der Waals surface area contributed by atoms with Crippen molar-refractivity contribution in [3.05, 3.63) is 36.4 Å². The number of nitrogens with zero attached hydrogens (tertiary/aromatic N) is 2. The van der Waals surface area contributed by atoms with Crippen LogP contribution in [0.25, 0.3) is 11.3 Å². The molecule has 0 radical (unpaired) electrons. The average molecular weight is 342 g/mol. The van der Waals surface area contributed by atoms with E-state index in [0.29, 0.717) is 18.7 Å². The lowest BCUT2D eigenvalue weighted by atomic mass is 9.80. The van der Waals surface area contributed by atoms with Gasteiger partial charge in [0, 0.05) is 23.7 Å². The molecule has 1 aliphatic rings. The highest BCUT2D eigenvalue weighted by molar-refractivity contribution is 5.89. The second-order valence-electron chi connectivity index (χ2n) is 6.62. The van der Waals surface area contributed by atoms with Crippen LogP contribution in [0.4, 0.5) is 10.6 Å². The molecular formula is C18H22N4O3. The number of carbonyl (C=O) groups excluding carboxylic acids is 1. The Labute approximate surface area is 146 Å². The zero-order chi connectivity index (χ0) is 18.0. The molecule has 1 fully saturated rings. The fourth-order valence-corrected chi connectivity index (χ4v) is 2.91. The van der Waals surface area contributed by atoms with Gasteiger partial charge in [0.15, 0.2) is 0 Å². The standard InChI is InChI=1S/C18H22N4O3/c1-11(2)22-16(10-15(21-22)12-6-4-3-5-7-12)20-18(25)19-14-8-13(9-14)17(23)24/h3-7,10-11,13-14H,8-9H2,1-2H3,(H,23,24)(H2,19,20,25). The number of aliphatic carboxylic acids is 1. The number of benzene rings is 1. The fourth-order valence-electron chi connectivity index (χ4n) is 2.91. The third kappa shape index (κ3) is 3.81. The molecule has 132 valence electrons. The minimum absolute atomic E-state index is 0.0906. The molecule has 1 aromatic heterocycles. The van der Waals surface area contributed by atoms with Crippen LogP contribution in [0.3, 0.4) is 0 Å². The van der Waals surface area contributed by atoms with Crippen molar-refractivity contribution in [1.82, 2.24) is 15.1 Å². The molecule has 0 atom stereocenters. The van der Waals surface area contributed by atoms with Crippen LogP contribution in [0.5, 0.6) is 0 Å². The topological polar surface area (TPSA) is 96.3 Å². The third-order valence-corrected chi connectivity index (χ3v) is 4.36. The lowest BCUT2D eigenvalue weighted by Gasteiger charge is -2.32. The Balaban J connectivity index is 1.68. The minimum atomic E-state index is -0.802. The first kappa shape index (κ1) is 17.0. The van der Waals surface area contributed by atoms with Crippen LogP contribution in [0.1, 0.15) is 32.7 Å². The van der Waals surface area contributed by atoms with Gasteiger partial charge in [0.1, 0.15) is 5.82 Å². The molecule has 1 saturated carbocycles. The van der Waals surface area contributed by atoms with Crippen molar-refractivity contribution in [3.8, 4) is 11.3 Å². The maximum absolute atomic E-state index is 12.2.